The summed E-state index contributed by atoms with van der Waals surface area (Å²) < 4.78 is 5.64. The lowest BCUT2D eigenvalue weighted by Crippen LogP contribution is -2.34. The van der Waals surface area contributed by atoms with E-state index in [4.69, 9.17) is 10.5 Å². The SMILES string of the molecule is CC(C)COc1ccc(C(=O)N2CC(CN)CC2C)cc1. The van der Waals surface area contributed by atoms with Crippen molar-refractivity contribution in [3.63, 3.8) is 0 Å². The lowest BCUT2D eigenvalue weighted by atomic mass is 10.1. The van der Waals surface area contributed by atoms with Gasteiger partial charge in [-0.2, -0.15) is 0 Å². The van der Waals surface area contributed by atoms with E-state index < -0.39 is 0 Å². The van der Waals surface area contributed by atoms with Crippen molar-refractivity contribution in [3.05, 3.63) is 29.8 Å². The largest absolute Gasteiger partial charge is 0.493 e. The monoisotopic (exact) mass is 290 g/mol. The zero-order chi connectivity index (χ0) is 15.4. The van der Waals surface area contributed by atoms with Crippen LogP contribution < -0.4 is 10.5 Å². The zero-order valence-corrected chi connectivity index (χ0v) is 13.2. The van der Waals surface area contributed by atoms with Gasteiger partial charge in [0.25, 0.3) is 5.91 Å². The van der Waals surface area contributed by atoms with E-state index in [1.54, 1.807) is 0 Å². The second-order valence-electron chi connectivity index (χ2n) is 6.37. The second-order valence-corrected chi connectivity index (χ2v) is 6.37. The van der Waals surface area contributed by atoms with Crippen LogP contribution in [0.15, 0.2) is 24.3 Å². The molecule has 21 heavy (non-hydrogen) atoms. The molecule has 116 valence electrons. The summed E-state index contributed by atoms with van der Waals surface area (Å²) in [5.41, 5.74) is 6.44. The fourth-order valence-electron chi connectivity index (χ4n) is 2.72. The Morgan fingerprint density at radius 3 is 2.57 bits per heavy atom. The van der Waals surface area contributed by atoms with Crippen molar-refractivity contribution in [2.24, 2.45) is 17.6 Å². The van der Waals surface area contributed by atoms with E-state index >= 15 is 0 Å². The van der Waals surface area contributed by atoms with Crippen LogP contribution in [-0.2, 0) is 0 Å². The van der Waals surface area contributed by atoms with Gasteiger partial charge in [0.15, 0.2) is 0 Å². The number of nitrogens with zero attached hydrogens (tertiary/aromatic N) is 1. The van der Waals surface area contributed by atoms with Gasteiger partial charge in [-0.3, -0.25) is 4.79 Å². The summed E-state index contributed by atoms with van der Waals surface area (Å²) in [7, 11) is 0. The predicted octanol–water partition coefficient (Wildman–Crippen LogP) is 2.53. The smallest absolute Gasteiger partial charge is 0.254 e. The number of likely N-dealkylation sites (tertiary alicyclic amines) is 1. The summed E-state index contributed by atoms with van der Waals surface area (Å²) in [5, 5.41) is 0. The van der Waals surface area contributed by atoms with Crippen LogP contribution in [0.2, 0.25) is 0 Å². The molecular formula is C17H26N2O2. The van der Waals surface area contributed by atoms with Gasteiger partial charge in [-0.15, -0.1) is 0 Å². The Labute approximate surface area is 127 Å². The minimum Gasteiger partial charge on any atom is -0.493 e. The van der Waals surface area contributed by atoms with E-state index in [-0.39, 0.29) is 11.9 Å². The van der Waals surface area contributed by atoms with Crippen molar-refractivity contribution in [1.29, 1.82) is 0 Å². The molecule has 2 rings (SSSR count). The number of benzene rings is 1. The van der Waals surface area contributed by atoms with E-state index in [1.165, 1.54) is 0 Å². The molecule has 0 radical (unpaired) electrons. The molecule has 2 unspecified atom stereocenters. The summed E-state index contributed by atoms with van der Waals surface area (Å²) in [4.78, 5) is 14.5. The fraction of sp³-hybridized carbons (Fsp3) is 0.588. The van der Waals surface area contributed by atoms with E-state index in [0.717, 1.165) is 24.3 Å². The standard InChI is InChI=1S/C17H26N2O2/c1-12(2)11-21-16-6-4-15(5-7-16)17(20)19-10-14(9-18)8-13(19)3/h4-7,12-14H,8-11,18H2,1-3H3. The number of ether oxygens (including phenoxy) is 1. The molecule has 1 saturated heterocycles. The molecule has 1 fully saturated rings. The van der Waals surface area contributed by atoms with Gasteiger partial charge in [0.05, 0.1) is 6.61 Å². The summed E-state index contributed by atoms with van der Waals surface area (Å²) in [6.45, 7) is 8.42. The fourth-order valence-corrected chi connectivity index (χ4v) is 2.72. The molecule has 0 bridgehead atoms. The first-order valence-corrected chi connectivity index (χ1v) is 7.75. The van der Waals surface area contributed by atoms with Crippen molar-refractivity contribution >= 4 is 5.91 Å². The molecule has 1 aromatic rings. The molecular weight excluding hydrogens is 264 g/mol. The van der Waals surface area contributed by atoms with Crippen LogP contribution in [0.3, 0.4) is 0 Å². The van der Waals surface area contributed by atoms with Gasteiger partial charge in [0.2, 0.25) is 0 Å². The lowest BCUT2D eigenvalue weighted by molar-refractivity contribution is 0.0743. The maximum absolute atomic E-state index is 12.5. The molecule has 0 aliphatic carbocycles. The number of carbonyl (C=O) groups excluding carboxylic acids is 1. The van der Waals surface area contributed by atoms with Crippen LogP contribution in [0.5, 0.6) is 5.75 Å². The molecule has 1 aliphatic heterocycles. The van der Waals surface area contributed by atoms with Crippen LogP contribution in [0.4, 0.5) is 0 Å². The first-order valence-electron chi connectivity index (χ1n) is 7.75. The van der Waals surface area contributed by atoms with Gasteiger partial charge < -0.3 is 15.4 Å². The van der Waals surface area contributed by atoms with Gasteiger partial charge in [-0.1, -0.05) is 13.8 Å². The number of carbonyl (C=O) groups is 1. The molecule has 2 N–H and O–H groups in total. The summed E-state index contributed by atoms with van der Waals surface area (Å²) in [5.74, 6) is 1.82. The third-order valence-electron chi connectivity index (χ3n) is 3.94. The van der Waals surface area contributed by atoms with Crippen molar-refractivity contribution < 1.29 is 9.53 Å². The molecule has 1 amide bonds. The van der Waals surface area contributed by atoms with Crippen LogP contribution >= 0.6 is 0 Å². The Hall–Kier alpha value is -1.55. The molecule has 1 heterocycles. The van der Waals surface area contributed by atoms with Crippen LogP contribution in [-0.4, -0.2) is 36.5 Å². The first kappa shape index (κ1) is 15.8. The second kappa shape index (κ2) is 6.94. The third kappa shape index (κ3) is 3.97. The highest BCUT2D eigenvalue weighted by Gasteiger charge is 2.31. The maximum Gasteiger partial charge on any atom is 0.254 e. The number of amides is 1. The molecule has 0 spiro atoms. The Morgan fingerprint density at radius 1 is 1.38 bits per heavy atom. The molecule has 4 nitrogen and oxygen atoms in total. The minimum absolute atomic E-state index is 0.0915. The molecule has 4 heteroatoms. The number of nitrogens with two attached hydrogens (primary N) is 1. The number of rotatable bonds is 5. The molecule has 1 aromatic carbocycles. The molecule has 0 saturated carbocycles. The Bertz CT molecular complexity index is 470. The lowest BCUT2D eigenvalue weighted by Gasteiger charge is -2.21. The van der Waals surface area contributed by atoms with Gasteiger partial charge in [0, 0.05) is 18.2 Å². The zero-order valence-electron chi connectivity index (χ0n) is 13.2. The summed E-state index contributed by atoms with van der Waals surface area (Å²) in [6.07, 6.45) is 0.998. The first-order chi connectivity index (χ1) is 10.0. The van der Waals surface area contributed by atoms with Crippen molar-refractivity contribution in [2.45, 2.75) is 33.2 Å². The maximum atomic E-state index is 12.5. The average molecular weight is 290 g/mol. The third-order valence-corrected chi connectivity index (χ3v) is 3.94. The van der Waals surface area contributed by atoms with E-state index in [9.17, 15) is 4.79 Å². The minimum atomic E-state index is 0.0915. The van der Waals surface area contributed by atoms with Crippen molar-refractivity contribution in [3.8, 4) is 5.75 Å². The van der Waals surface area contributed by atoms with Crippen molar-refractivity contribution in [2.75, 3.05) is 19.7 Å². The molecule has 2 atom stereocenters. The quantitative estimate of drug-likeness (QED) is 0.906. The highest BCUT2D eigenvalue weighted by atomic mass is 16.5. The predicted molar refractivity (Wildman–Crippen MR) is 84.4 cm³/mol. The Kier molecular flexibility index (Phi) is 5.23. The number of hydrogen-bond donors (Lipinski definition) is 1. The topological polar surface area (TPSA) is 55.6 Å². The Balaban J connectivity index is 2.00. The van der Waals surface area contributed by atoms with Crippen LogP contribution in [0.25, 0.3) is 0 Å². The van der Waals surface area contributed by atoms with Gasteiger partial charge in [0.1, 0.15) is 5.75 Å². The van der Waals surface area contributed by atoms with Gasteiger partial charge in [-0.25, -0.2) is 0 Å². The highest BCUT2D eigenvalue weighted by molar-refractivity contribution is 5.94. The van der Waals surface area contributed by atoms with Gasteiger partial charge in [-0.05, 0) is 56.0 Å². The van der Waals surface area contributed by atoms with E-state index in [0.29, 0.717) is 25.0 Å². The summed E-state index contributed by atoms with van der Waals surface area (Å²) >= 11 is 0. The number of hydrogen-bond acceptors (Lipinski definition) is 3. The molecule has 1 aliphatic rings. The summed E-state index contributed by atoms with van der Waals surface area (Å²) in [6, 6.07) is 7.71. The van der Waals surface area contributed by atoms with E-state index in [1.807, 2.05) is 29.2 Å². The highest BCUT2D eigenvalue weighted by Crippen LogP contribution is 2.24. The van der Waals surface area contributed by atoms with Crippen LogP contribution in [0.1, 0.15) is 37.6 Å². The Morgan fingerprint density at radius 2 is 2.05 bits per heavy atom. The van der Waals surface area contributed by atoms with Crippen molar-refractivity contribution in [1.82, 2.24) is 4.90 Å². The average Bonchev–Trinajstić information content (AvgIpc) is 2.86. The van der Waals surface area contributed by atoms with E-state index in [2.05, 4.69) is 20.8 Å². The van der Waals surface area contributed by atoms with Gasteiger partial charge >= 0.3 is 0 Å². The molecule has 0 aromatic heterocycles. The normalized spacial score (nSPS) is 21.9. The van der Waals surface area contributed by atoms with Crippen LogP contribution in [0, 0.1) is 11.8 Å².